The van der Waals surface area contributed by atoms with Gasteiger partial charge < -0.3 is 10.2 Å². The molecule has 30 heavy (non-hydrogen) atoms. The minimum Gasteiger partial charge on any atom is -0.369 e. The zero-order valence-electron chi connectivity index (χ0n) is 17.1. The molecule has 4 nitrogen and oxygen atoms in total. The maximum Gasteiger partial charge on any atom is 0.255 e. The first kappa shape index (κ1) is 20.5. The number of hydrogen-bond donors (Lipinski definition) is 1. The van der Waals surface area contributed by atoms with Gasteiger partial charge in [0, 0.05) is 54.7 Å². The van der Waals surface area contributed by atoms with E-state index in [0.717, 1.165) is 44.0 Å². The number of carbonyl (C=O) groups is 1. The standard InChI is InChI=1S/C25H26ClN3O/c1-19-17-22(26)11-12-24(19)27-25(30)21-9-7-20(8-10-21)18-28-13-15-29(16-14-28)23-5-3-2-4-6-23/h2-12,17H,13-16,18H2,1H3,(H,27,30). The second-order valence-electron chi connectivity index (χ2n) is 7.71. The Bertz CT molecular complexity index is 997. The van der Waals surface area contributed by atoms with Crippen LogP contribution < -0.4 is 10.2 Å². The van der Waals surface area contributed by atoms with Gasteiger partial charge in [-0.25, -0.2) is 0 Å². The normalized spacial score (nSPS) is 14.5. The van der Waals surface area contributed by atoms with E-state index in [0.29, 0.717) is 10.6 Å². The minimum atomic E-state index is -0.108. The Hall–Kier alpha value is -2.82. The van der Waals surface area contributed by atoms with E-state index in [1.807, 2.05) is 43.3 Å². The highest BCUT2D eigenvalue weighted by Crippen LogP contribution is 2.21. The molecular weight excluding hydrogens is 394 g/mol. The molecule has 1 N–H and O–H groups in total. The summed E-state index contributed by atoms with van der Waals surface area (Å²) < 4.78 is 0. The predicted molar refractivity (Wildman–Crippen MR) is 125 cm³/mol. The third kappa shape index (κ3) is 5.02. The summed E-state index contributed by atoms with van der Waals surface area (Å²) in [6.45, 7) is 6.97. The van der Waals surface area contributed by atoms with E-state index in [2.05, 4.69) is 45.4 Å². The summed E-state index contributed by atoms with van der Waals surface area (Å²) in [5.41, 5.74) is 4.90. The van der Waals surface area contributed by atoms with Crippen LogP contribution in [0.2, 0.25) is 5.02 Å². The average Bonchev–Trinajstić information content (AvgIpc) is 2.77. The molecule has 0 aromatic heterocycles. The molecule has 0 aliphatic carbocycles. The Morgan fingerprint density at radius 1 is 0.933 bits per heavy atom. The van der Waals surface area contributed by atoms with Crippen LogP contribution in [0.5, 0.6) is 0 Å². The lowest BCUT2D eigenvalue weighted by Gasteiger charge is -2.36. The predicted octanol–water partition coefficient (Wildman–Crippen LogP) is 5.22. The molecule has 0 atom stereocenters. The lowest BCUT2D eigenvalue weighted by molar-refractivity contribution is 0.102. The van der Waals surface area contributed by atoms with Gasteiger partial charge in [0.15, 0.2) is 0 Å². The van der Waals surface area contributed by atoms with Crippen molar-refractivity contribution in [1.82, 2.24) is 4.90 Å². The van der Waals surface area contributed by atoms with Crippen LogP contribution in [0.1, 0.15) is 21.5 Å². The second-order valence-corrected chi connectivity index (χ2v) is 8.15. The van der Waals surface area contributed by atoms with E-state index < -0.39 is 0 Å². The van der Waals surface area contributed by atoms with Crippen molar-refractivity contribution in [2.45, 2.75) is 13.5 Å². The molecular formula is C25H26ClN3O. The Balaban J connectivity index is 1.31. The fraction of sp³-hybridized carbons (Fsp3) is 0.240. The average molecular weight is 420 g/mol. The highest BCUT2D eigenvalue weighted by molar-refractivity contribution is 6.30. The zero-order chi connectivity index (χ0) is 20.9. The van der Waals surface area contributed by atoms with Crippen LogP contribution >= 0.6 is 11.6 Å². The summed E-state index contributed by atoms with van der Waals surface area (Å²) >= 11 is 5.99. The van der Waals surface area contributed by atoms with Crippen molar-refractivity contribution in [2.24, 2.45) is 0 Å². The first-order chi connectivity index (χ1) is 14.6. The lowest BCUT2D eigenvalue weighted by atomic mass is 10.1. The molecule has 1 aliphatic heterocycles. The van der Waals surface area contributed by atoms with Crippen LogP contribution in [0.25, 0.3) is 0 Å². The fourth-order valence-electron chi connectivity index (χ4n) is 3.78. The molecule has 0 saturated carbocycles. The van der Waals surface area contributed by atoms with Crippen LogP contribution in [-0.2, 0) is 6.54 Å². The second kappa shape index (κ2) is 9.33. The van der Waals surface area contributed by atoms with Gasteiger partial charge in [-0.15, -0.1) is 0 Å². The van der Waals surface area contributed by atoms with Gasteiger partial charge in [0.2, 0.25) is 0 Å². The molecule has 154 valence electrons. The molecule has 0 bridgehead atoms. The van der Waals surface area contributed by atoms with Crippen LogP contribution in [0.4, 0.5) is 11.4 Å². The monoisotopic (exact) mass is 419 g/mol. The molecule has 3 aromatic rings. The van der Waals surface area contributed by atoms with Crippen LogP contribution in [0, 0.1) is 6.92 Å². The number of aryl methyl sites for hydroxylation is 1. The lowest BCUT2D eigenvalue weighted by Crippen LogP contribution is -2.45. The van der Waals surface area contributed by atoms with Gasteiger partial charge in [-0.05, 0) is 60.5 Å². The Kier molecular flexibility index (Phi) is 6.36. The first-order valence-electron chi connectivity index (χ1n) is 10.3. The molecule has 0 spiro atoms. The van der Waals surface area contributed by atoms with Crippen LogP contribution in [-0.4, -0.2) is 37.0 Å². The van der Waals surface area contributed by atoms with Crippen molar-refractivity contribution in [3.05, 3.63) is 94.5 Å². The van der Waals surface area contributed by atoms with Gasteiger partial charge in [-0.1, -0.05) is 41.9 Å². The Morgan fingerprint density at radius 2 is 1.63 bits per heavy atom. The topological polar surface area (TPSA) is 35.6 Å². The van der Waals surface area contributed by atoms with Gasteiger partial charge in [0.1, 0.15) is 0 Å². The number of hydrogen-bond acceptors (Lipinski definition) is 3. The van der Waals surface area contributed by atoms with Crippen molar-refractivity contribution in [3.8, 4) is 0 Å². The van der Waals surface area contributed by atoms with Crippen molar-refractivity contribution in [3.63, 3.8) is 0 Å². The van der Waals surface area contributed by atoms with E-state index in [1.165, 1.54) is 11.3 Å². The number of nitrogens with one attached hydrogen (secondary N) is 1. The molecule has 1 saturated heterocycles. The molecule has 5 heteroatoms. The number of amides is 1. The minimum absolute atomic E-state index is 0.108. The third-order valence-corrected chi connectivity index (χ3v) is 5.79. The van der Waals surface area contributed by atoms with Crippen molar-refractivity contribution in [2.75, 3.05) is 36.4 Å². The maximum atomic E-state index is 12.6. The summed E-state index contributed by atoms with van der Waals surface area (Å²) in [4.78, 5) is 17.5. The maximum absolute atomic E-state index is 12.6. The number of carbonyl (C=O) groups excluding carboxylic acids is 1. The molecule has 0 unspecified atom stereocenters. The van der Waals surface area contributed by atoms with Crippen LogP contribution in [0.15, 0.2) is 72.8 Å². The van der Waals surface area contributed by atoms with E-state index in [1.54, 1.807) is 6.07 Å². The quantitative estimate of drug-likeness (QED) is 0.615. The molecule has 3 aromatic carbocycles. The number of anilines is 2. The van der Waals surface area contributed by atoms with Crippen LogP contribution in [0.3, 0.4) is 0 Å². The van der Waals surface area contributed by atoms with E-state index in [-0.39, 0.29) is 5.91 Å². The molecule has 1 aliphatic rings. The van der Waals surface area contributed by atoms with Gasteiger partial charge in [-0.3, -0.25) is 9.69 Å². The molecule has 4 rings (SSSR count). The number of halogens is 1. The van der Waals surface area contributed by atoms with Gasteiger partial charge in [-0.2, -0.15) is 0 Å². The summed E-state index contributed by atoms with van der Waals surface area (Å²) in [6.07, 6.45) is 0. The smallest absolute Gasteiger partial charge is 0.255 e. The van der Waals surface area contributed by atoms with Gasteiger partial charge in [0.05, 0.1) is 0 Å². The Labute approximate surface area is 183 Å². The van der Waals surface area contributed by atoms with Crippen molar-refractivity contribution < 1.29 is 4.79 Å². The molecule has 1 heterocycles. The summed E-state index contributed by atoms with van der Waals surface area (Å²) in [6, 6.07) is 23.9. The molecule has 0 radical (unpaired) electrons. The summed E-state index contributed by atoms with van der Waals surface area (Å²) in [7, 11) is 0. The van der Waals surface area contributed by atoms with Crippen molar-refractivity contribution in [1.29, 1.82) is 0 Å². The van der Waals surface area contributed by atoms with Gasteiger partial charge >= 0.3 is 0 Å². The molecule has 1 amide bonds. The van der Waals surface area contributed by atoms with E-state index >= 15 is 0 Å². The number of nitrogens with zero attached hydrogens (tertiary/aromatic N) is 2. The highest BCUT2D eigenvalue weighted by Gasteiger charge is 2.17. The fourth-order valence-corrected chi connectivity index (χ4v) is 4.01. The SMILES string of the molecule is Cc1cc(Cl)ccc1NC(=O)c1ccc(CN2CCN(c3ccccc3)CC2)cc1. The zero-order valence-corrected chi connectivity index (χ0v) is 17.9. The van der Waals surface area contributed by atoms with Gasteiger partial charge in [0.25, 0.3) is 5.91 Å². The molecule has 1 fully saturated rings. The van der Waals surface area contributed by atoms with Crippen molar-refractivity contribution >= 4 is 28.9 Å². The number of para-hydroxylation sites is 1. The Morgan fingerprint density at radius 3 is 2.30 bits per heavy atom. The largest absolute Gasteiger partial charge is 0.369 e. The third-order valence-electron chi connectivity index (χ3n) is 5.55. The number of rotatable bonds is 5. The first-order valence-corrected chi connectivity index (χ1v) is 10.6. The number of benzene rings is 3. The highest BCUT2D eigenvalue weighted by atomic mass is 35.5. The van der Waals surface area contributed by atoms with E-state index in [9.17, 15) is 4.79 Å². The summed E-state index contributed by atoms with van der Waals surface area (Å²) in [5.74, 6) is -0.108. The van der Waals surface area contributed by atoms with E-state index in [4.69, 9.17) is 11.6 Å². The number of piperazine rings is 1. The summed E-state index contributed by atoms with van der Waals surface area (Å²) in [5, 5.41) is 3.63.